The summed E-state index contributed by atoms with van der Waals surface area (Å²) in [6.45, 7) is 8.48. The molecular weight excluding hydrogens is 452 g/mol. The van der Waals surface area contributed by atoms with E-state index in [1.165, 1.54) is 6.42 Å². The second-order valence-electron chi connectivity index (χ2n) is 11.7. The fourth-order valence-electron chi connectivity index (χ4n) is 5.28. The number of rotatable bonds is 6. The van der Waals surface area contributed by atoms with Crippen molar-refractivity contribution in [1.82, 2.24) is 15.6 Å². The third-order valence-electron chi connectivity index (χ3n) is 7.38. The lowest BCUT2D eigenvalue weighted by Crippen LogP contribution is -2.51. The number of amides is 2. The number of pyridine rings is 1. The highest BCUT2D eigenvalue weighted by atomic mass is 16.3. The molecule has 4 rings (SSSR count). The number of carbonyl (C=O) groups excluding carboxylic acids is 2. The molecule has 1 saturated heterocycles. The maximum absolute atomic E-state index is 14.1. The van der Waals surface area contributed by atoms with E-state index in [0.29, 0.717) is 17.8 Å². The average Bonchev–Trinajstić information content (AvgIpc) is 3.22. The fraction of sp³-hybridized carbons (Fsp3) is 0.552. The van der Waals surface area contributed by atoms with Crippen molar-refractivity contribution in [1.29, 1.82) is 0 Å². The average molecular weight is 493 g/mol. The Morgan fingerprint density at radius 2 is 1.83 bits per heavy atom. The lowest BCUT2D eigenvalue weighted by molar-refractivity contribution is -0.128. The zero-order valence-electron chi connectivity index (χ0n) is 22.0. The van der Waals surface area contributed by atoms with Crippen LogP contribution in [0.2, 0.25) is 0 Å². The number of benzene rings is 1. The van der Waals surface area contributed by atoms with Crippen LogP contribution in [-0.4, -0.2) is 46.1 Å². The predicted octanol–water partition coefficient (Wildman–Crippen LogP) is 4.02. The van der Waals surface area contributed by atoms with Crippen molar-refractivity contribution in [3.63, 3.8) is 0 Å². The van der Waals surface area contributed by atoms with E-state index in [-0.39, 0.29) is 29.7 Å². The maximum Gasteiger partial charge on any atom is 0.248 e. The Bertz CT molecular complexity index is 1040. The number of β-amino-alcohol motifs (C(OH)–C–C–N with tert-alkyl or cyclic N) is 1. The van der Waals surface area contributed by atoms with Gasteiger partial charge in [0.15, 0.2) is 0 Å². The molecule has 1 aliphatic carbocycles. The van der Waals surface area contributed by atoms with Crippen molar-refractivity contribution < 1.29 is 14.7 Å². The zero-order chi connectivity index (χ0) is 25.9. The smallest absolute Gasteiger partial charge is 0.248 e. The molecule has 3 atom stereocenters. The number of carbonyl (C=O) groups is 2. The van der Waals surface area contributed by atoms with E-state index in [1.54, 1.807) is 30.3 Å². The van der Waals surface area contributed by atoms with Crippen LogP contribution in [0.4, 0.5) is 5.69 Å². The normalized spacial score (nSPS) is 23.8. The maximum atomic E-state index is 14.1. The van der Waals surface area contributed by atoms with Gasteiger partial charge in [0.25, 0.3) is 0 Å². The number of aromatic nitrogens is 1. The van der Waals surface area contributed by atoms with E-state index in [1.807, 2.05) is 30.3 Å². The molecule has 2 fully saturated rings. The summed E-state index contributed by atoms with van der Waals surface area (Å²) in [6.07, 6.45) is 8.90. The van der Waals surface area contributed by atoms with Crippen LogP contribution < -0.4 is 15.5 Å². The Labute approximate surface area is 214 Å². The van der Waals surface area contributed by atoms with Gasteiger partial charge in [-0.3, -0.25) is 19.5 Å². The number of nitrogens with one attached hydrogen (secondary N) is 2. The van der Waals surface area contributed by atoms with Gasteiger partial charge in [-0.25, -0.2) is 0 Å². The Kier molecular flexibility index (Phi) is 7.81. The first-order valence-electron chi connectivity index (χ1n) is 13.1. The molecule has 36 heavy (non-hydrogen) atoms. The van der Waals surface area contributed by atoms with Gasteiger partial charge in [-0.2, -0.15) is 0 Å². The SMILES string of the molecule is CC1(O)CNC(C(=O)N(c2ccc(C(C)(C)C)cc2)C(C(=O)NC2CCCCC2)c2cccnc2)C1. The molecular formula is C29H40N4O3. The molecule has 2 heterocycles. The van der Waals surface area contributed by atoms with Gasteiger partial charge in [-0.1, -0.05) is 58.2 Å². The molecule has 3 unspecified atom stereocenters. The van der Waals surface area contributed by atoms with Crippen molar-refractivity contribution in [2.24, 2.45) is 0 Å². The van der Waals surface area contributed by atoms with E-state index >= 15 is 0 Å². The van der Waals surface area contributed by atoms with Crippen molar-refractivity contribution >= 4 is 17.5 Å². The van der Waals surface area contributed by atoms with Crippen LogP contribution in [0.5, 0.6) is 0 Å². The van der Waals surface area contributed by atoms with E-state index in [0.717, 1.165) is 31.2 Å². The van der Waals surface area contributed by atoms with Crippen molar-refractivity contribution in [2.75, 3.05) is 11.4 Å². The molecule has 7 heteroatoms. The van der Waals surface area contributed by atoms with Gasteiger partial charge >= 0.3 is 0 Å². The molecule has 0 radical (unpaired) electrons. The summed E-state index contributed by atoms with van der Waals surface area (Å²) in [7, 11) is 0. The van der Waals surface area contributed by atoms with Gasteiger partial charge < -0.3 is 15.7 Å². The Morgan fingerprint density at radius 3 is 2.39 bits per heavy atom. The van der Waals surface area contributed by atoms with E-state index in [9.17, 15) is 14.7 Å². The summed E-state index contributed by atoms with van der Waals surface area (Å²) >= 11 is 0. The fourth-order valence-corrected chi connectivity index (χ4v) is 5.28. The quantitative estimate of drug-likeness (QED) is 0.566. The number of anilines is 1. The summed E-state index contributed by atoms with van der Waals surface area (Å²) in [5.41, 5.74) is 1.43. The van der Waals surface area contributed by atoms with Gasteiger partial charge in [-0.05, 0) is 48.9 Å². The van der Waals surface area contributed by atoms with Gasteiger partial charge in [-0.15, -0.1) is 0 Å². The van der Waals surface area contributed by atoms with E-state index in [2.05, 4.69) is 36.4 Å². The minimum absolute atomic E-state index is 0.0415. The largest absolute Gasteiger partial charge is 0.389 e. The second kappa shape index (κ2) is 10.7. The summed E-state index contributed by atoms with van der Waals surface area (Å²) in [5, 5.41) is 17.0. The lowest BCUT2D eigenvalue weighted by Gasteiger charge is -2.35. The topological polar surface area (TPSA) is 94.6 Å². The molecule has 3 N–H and O–H groups in total. The Balaban J connectivity index is 1.75. The monoisotopic (exact) mass is 492 g/mol. The highest BCUT2D eigenvalue weighted by molar-refractivity contribution is 6.04. The van der Waals surface area contributed by atoms with Crippen LogP contribution in [-0.2, 0) is 15.0 Å². The standard InChI is InChI=1S/C29H40N4O3/c1-28(2,3)21-12-14-23(15-13-21)33(27(35)24-17-29(4,36)19-31-24)25(20-9-8-16-30-18-20)26(34)32-22-10-6-5-7-11-22/h8-9,12-16,18,22,24-25,31,36H,5-7,10-11,17,19H2,1-4H3,(H,32,34). The minimum atomic E-state index is -0.976. The van der Waals surface area contributed by atoms with Crippen LogP contribution in [0.1, 0.15) is 83.4 Å². The highest BCUT2D eigenvalue weighted by Crippen LogP contribution is 2.33. The number of hydrogen-bond acceptors (Lipinski definition) is 5. The summed E-state index contributed by atoms with van der Waals surface area (Å²) in [6, 6.07) is 10.2. The van der Waals surface area contributed by atoms with Gasteiger partial charge in [0, 0.05) is 42.7 Å². The first-order chi connectivity index (χ1) is 17.0. The van der Waals surface area contributed by atoms with Gasteiger partial charge in [0.1, 0.15) is 6.04 Å². The van der Waals surface area contributed by atoms with E-state index < -0.39 is 17.7 Å². The summed E-state index contributed by atoms with van der Waals surface area (Å²) < 4.78 is 0. The lowest BCUT2D eigenvalue weighted by atomic mass is 9.87. The molecule has 0 spiro atoms. The van der Waals surface area contributed by atoms with Crippen molar-refractivity contribution in [3.05, 3.63) is 59.9 Å². The van der Waals surface area contributed by atoms with E-state index in [4.69, 9.17) is 0 Å². The molecule has 1 aromatic carbocycles. The minimum Gasteiger partial charge on any atom is -0.389 e. The van der Waals surface area contributed by atoms with Gasteiger partial charge in [0.2, 0.25) is 11.8 Å². The molecule has 2 aromatic rings. The van der Waals surface area contributed by atoms with Crippen LogP contribution in [0.3, 0.4) is 0 Å². The number of aliphatic hydroxyl groups is 1. The number of hydrogen-bond donors (Lipinski definition) is 3. The first kappa shape index (κ1) is 26.3. The Morgan fingerprint density at radius 1 is 1.14 bits per heavy atom. The van der Waals surface area contributed by atoms with Crippen LogP contribution in [0.25, 0.3) is 0 Å². The summed E-state index contributed by atoms with van der Waals surface area (Å²) in [5.74, 6) is -0.433. The Hall–Kier alpha value is -2.77. The molecule has 0 bridgehead atoms. The highest BCUT2D eigenvalue weighted by Gasteiger charge is 2.42. The summed E-state index contributed by atoms with van der Waals surface area (Å²) in [4.78, 5) is 33.8. The van der Waals surface area contributed by atoms with Gasteiger partial charge in [0.05, 0.1) is 11.6 Å². The molecule has 2 aliphatic rings. The second-order valence-corrected chi connectivity index (χ2v) is 11.7. The van der Waals surface area contributed by atoms with Crippen LogP contribution in [0, 0.1) is 0 Å². The third kappa shape index (κ3) is 6.13. The van der Waals surface area contributed by atoms with Crippen molar-refractivity contribution in [3.8, 4) is 0 Å². The molecule has 2 amide bonds. The molecule has 1 aliphatic heterocycles. The van der Waals surface area contributed by atoms with Crippen molar-refractivity contribution in [2.45, 2.75) is 95.4 Å². The first-order valence-corrected chi connectivity index (χ1v) is 13.1. The van der Waals surface area contributed by atoms with Crippen LogP contribution in [0.15, 0.2) is 48.8 Å². The molecule has 7 nitrogen and oxygen atoms in total. The third-order valence-corrected chi connectivity index (χ3v) is 7.38. The number of nitrogens with zero attached hydrogens (tertiary/aromatic N) is 2. The van der Waals surface area contributed by atoms with Crippen LogP contribution >= 0.6 is 0 Å². The molecule has 1 saturated carbocycles. The molecule has 1 aromatic heterocycles. The zero-order valence-corrected chi connectivity index (χ0v) is 22.0. The predicted molar refractivity (Wildman–Crippen MR) is 142 cm³/mol. The molecule has 194 valence electrons.